The quantitative estimate of drug-likeness (QED) is 0.631. The van der Waals surface area contributed by atoms with Gasteiger partial charge in [-0.05, 0) is 12.5 Å². The lowest BCUT2D eigenvalue weighted by atomic mass is 10.0. The predicted octanol–water partition coefficient (Wildman–Crippen LogP) is 1.44. The van der Waals surface area contributed by atoms with Crippen LogP contribution in [0, 0.1) is 0 Å². The highest BCUT2D eigenvalue weighted by Crippen LogP contribution is 2.30. The molecule has 0 bridgehead atoms. The van der Waals surface area contributed by atoms with Gasteiger partial charge in [0.05, 0.1) is 25.3 Å². The van der Waals surface area contributed by atoms with Gasteiger partial charge in [-0.15, -0.1) is 0 Å². The molecular formula is C21H24N6O3. The number of carbonyl (C=O) groups is 1. The molecule has 4 heterocycles. The number of hydrogen-bond acceptors (Lipinski definition) is 7. The number of aromatic nitrogens is 4. The summed E-state index contributed by atoms with van der Waals surface area (Å²) < 4.78 is 13.3. The van der Waals surface area contributed by atoms with Crippen LogP contribution < -0.4 is 0 Å². The van der Waals surface area contributed by atoms with Gasteiger partial charge in [0.1, 0.15) is 6.54 Å². The summed E-state index contributed by atoms with van der Waals surface area (Å²) in [6.45, 7) is 4.21. The maximum absolute atomic E-state index is 12.7. The van der Waals surface area contributed by atoms with Gasteiger partial charge in [0.25, 0.3) is 0 Å². The molecular weight excluding hydrogens is 384 g/mol. The molecule has 1 atom stereocenters. The molecule has 0 N–H and O–H groups in total. The van der Waals surface area contributed by atoms with Gasteiger partial charge in [0, 0.05) is 37.6 Å². The predicted molar refractivity (Wildman–Crippen MR) is 107 cm³/mol. The Morgan fingerprint density at radius 2 is 2.03 bits per heavy atom. The summed E-state index contributed by atoms with van der Waals surface area (Å²) in [7, 11) is 0. The molecule has 30 heavy (non-hydrogen) atoms. The Bertz CT molecular complexity index is 989. The number of amides is 1. The minimum atomic E-state index is -0.333. The highest BCUT2D eigenvalue weighted by atomic mass is 16.5. The van der Waals surface area contributed by atoms with E-state index in [9.17, 15) is 4.79 Å². The molecule has 5 rings (SSSR count). The standard InChI is InChI=1S/C21H24N6O3/c28-19(14-27-9-4-8-22-27)26-11-12-29-21(16-26)7-10-25(15-21)13-18-23-20(24-30-18)17-5-2-1-3-6-17/h1-6,8-9H,7,10-16H2. The number of likely N-dealkylation sites (tertiary alicyclic amines) is 1. The Labute approximate surface area is 174 Å². The molecule has 3 aromatic rings. The summed E-state index contributed by atoms with van der Waals surface area (Å²) in [4.78, 5) is 21.4. The summed E-state index contributed by atoms with van der Waals surface area (Å²) in [5, 5.41) is 8.23. The molecule has 9 heteroatoms. The van der Waals surface area contributed by atoms with Gasteiger partial charge in [-0.2, -0.15) is 10.1 Å². The summed E-state index contributed by atoms with van der Waals surface area (Å²) >= 11 is 0. The molecule has 0 saturated carbocycles. The van der Waals surface area contributed by atoms with Gasteiger partial charge in [0.2, 0.25) is 17.6 Å². The van der Waals surface area contributed by atoms with E-state index in [1.807, 2.05) is 41.3 Å². The Balaban J connectivity index is 1.20. The third-order valence-electron chi connectivity index (χ3n) is 5.71. The number of morpholine rings is 1. The van der Waals surface area contributed by atoms with Crippen molar-refractivity contribution < 1.29 is 14.1 Å². The lowest BCUT2D eigenvalue weighted by Gasteiger charge is -2.40. The third-order valence-corrected chi connectivity index (χ3v) is 5.71. The minimum absolute atomic E-state index is 0.0734. The second-order valence-corrected chi connectivity index (χ2v) is 7.89. The zero-order valence-electron chi connectivity index (χ0n) is 16.7. The van der Waals surface area contributed by atoms with E-state index in [0.29, 0.717) is 38.0 Å². The van der Waals surface area contributed by atoms with Crippen LogP contribution in [0.5, 0.6) is 0 Å². The number of ether oxygens (including phenoxy) is 1. The average Bonchev–Trinajstić information content (AvgIpc) is 3.52. The molecule has 2 saturated heterocycles. The van der Waals surface area contributed by atoms with Crippen LogP contribution in [0.2, 0.25) is 0 Å². The monoisotopic (exact) mass is 408 g/mol. The topological polar surface area (TPSA) is 89.5 Å². The molecule has 9 nitrogen and oxygen atoms in total. The lowest BCUT2D eigenvalue weighted by Crippen LogP contribution is -2.55. The maximum Gasteiger partial charge on any atom is 0.244 e. The van der Waals surface area contributed by atoms with Crippen molar-refractivity contribution >= 4 is 5.91 Å². The van der Waals surface area contributed by atoms with Crippen molar-refractivity contribution in [3.8, 4) is 11.4 Å². The van der Waals surface area contributed by atoms with E-state index in [0.717, 1.165) is 25.1 Å². The first-order valence-electron chi connectivity index (χ1n) is 10.2. The number of nitrogens with zero attached hydrogens (tertiary/aromatic N) is 6. The maximum atomic E-state index is 12.7. The lowest BCUT2D eigenvalue weighted by molar-refractivity contribution is -0.149. The molecule has 156 valence electrons. The molecule has 2 aliphatic rings. The van der Waals surface area contributed by atoms with Gasteiger partial charge < -0.3 is 14.2 Å². The van der Waals surface area contributed by atoms with Crippen molar-refractivity contribution in [2.45, 2.75) is 25.1 Å². The zero-order chi connectivity index (χ0) is 20.4. The minimum Gasteiger partial charge on any atom is -0.370 e. The smallest absolute Gasteiger partial charge is 0.244 e. The SMILES string of the molecule is O=C(Cn1cccn1)N1CCOC2(CCN(Cc3nc(-c4ccccc4)no3)C2)C1. The molecule has 1 unspecified atom stereocenters. The first-order chi connectivity index (χ1) is 14.7. The second kappa shape index (κ2) is 8.00. The van der Waals surface area contributed by atoms with E-state index in [4.69, 9.17) is 9.26 Å². The zero-order valence-corrected chi connectivity index (χ0v) is 16.7. The summed E-state index contributed by atoms with van der Waals surface area (Å²) in [5.41, 5.74) is 0.604. The number of hydrogen-bond donors (Lipinski definition) is 0. The molecule has 0 radical (unpaired) electrons. The van der Waals surface area contributed by atoms with Gasteiger partial charge in [-0.1, -0.05) is 35.5 Å². The number of rotatable bonds is 5. The van der Waals surface area contributed by atoms with Crippen molar-refractivity contribution in [2.24, 2.45) is 0 Å². The Hall–Kier alpha value is -3.04. The van der Waals surface area contributed by atoms with Crippen LogP contribution in [0.15, 0.2) is 53.3 Å². The highest BCUT2D eigenvalue weighted by molar-refractivity contribution is 5.76. The molecule has 1 amide bonds. The fraction of sp³-hybridized carbons (Fsp3) is 0.429. The van der Waals surface area contributed by atoms with E-state index in [2.05, 4.69) is 20.1 Å². The van der Waals surface area contributed by atoms with Crippen LogP contribution in [0.25, 0.3) is 11.4 Å². The highest BCUT2D eigenvalue weighted by Gasteiger charge is 2.44. The van der Waals surface area contributed by atoms with Crippen molar-refractivity contribution in [1.29, 1.82) is 0 Å². The van der Waals surface area contributed by atoms with Crippen LogP contribution in [-0.2, 0) is 22.6 Å². The van der Waals surface area contributed by atoms with Crippen LogP contribution in [0.1, 0.15) is 12.3 Å². The fourth-order valence-corrected chi connectivity index (χ4v) is 4.21. The van der Waals surface area contributed by atoms with E-state index < -0.39 is 0 Å². The summed E-state index contributed by atoms with van der Waals surface area (Å²) in [6, 6.07) is 11.6. The van der Waals surface area contributed by atoms with Crippen LogP contribution in [0.4, 0.5) is 0 Å². The Kier molecular flexibility index (Phi) is 5.06. The van der Waals surface area contributed by atoms with Gasteiger partial charge >= 0.3 is 0 Å². The first kappa shape index (κ1) is 19.0. The first-order valence-corrected chi connectivity index (χ1v) is 10.2. The molecule has 1 aromatic carbocycles. The second-order valence-electron chi connectivity index (χ2n) is 7.89. The van der Waals surface area contributed by atoms with E-state index in [-0.39, 0.29) is 18.1 Å². The van der Waals surface area contributed by atoms with Crippen LogP contribution in [0.3, 0.4) is 0 Å². The molecule has 0 aliphatic carbocycles. The molecule has 2 fully saturated rings. The largest absolute Gasteiger partial charge is 0.370 e. The molecule has 1 spiro atoms. The van der Waals surface area contributed by atoms with Crippen molar-refractivity contribution in [3.05, 3.63) is 54.7 Å². The van der Waals surface area contributed by atoms with Crippen LogP contribution >= 0.6 is 0 Å². The third kappa shape index (κ3) is 3.99. The summed E-state index contributed by atoms with van der Waals surface area (Å²) in [6.07, 6.45) is 4.36. The van der Waals surface area contributed by atoms with E-state index in [1.165, 1.54) is 0 Å². The van der Waals surface area contributed by atoms with Gasteiger partial charge in [-0.3, -0.25) is 14.4 Å². The number of benzene rings is 1. The van der Waals surface area contributed by atoms with Crippen molar-refractivity contribution in [1.82, 2.24) is 29.7 Å². The summed E-state index contributed by atoms with van der Waals surface area (Å²) in [5.74, 6) is 1.27. The van der Waals surface area contributed by atoms with Gasteiger partial charge in [-0.25, -0.2) is 0 Å². The van der Waals surface area contributed by atoms with Crippen molar-refractivity contribution in [2.75, 3.05) is 32.8 Å². The number of carbonyl (C=O) groups excluding carboxylic acids is 1. The normalized spacial score (nSPS) is 22.1. The average molecular weight is 408 g/mol. The van der Waals surface area contributed by atoms with E-state index >= 15 is 0 Å². The Morgan fingerprint density at radius 1 is 1.13 bits per heavy atom. The molecule has 2 aliphatic heterocycles. The van der Waals surface area contributed by atoms with Crippen LogP contribution in [-0.4, -0.2) is 74.0 Å². The Morgan fingerprint density at radius 3 is 2.87 bits per heavy atom. The fourth-order valence-electron chi connectivity index (χ4n) is 4.21. The van der Waals surface area contributed by atoms with E-state index in [1.54, 1.807) is 17.1 Å². The molecule has 2 aromatic heterocycles. The van der Waals surface area contributed by atoms with Gasteiger partial charge in [0.15, 0.2) is 0 Å². The van der Waals surface area contributed by atoms with Crippen molar-refractivity contribution in [3.63, 3.8) is 0 Å².